The number of carboxylic acids is 1. The van der Waals surface area contributed by atoms with E-state index in [1.54, 1.807) is 24.3 Å². The average Bonchev–Trinajstić information content (AvgIpc) is 2.94. The number of carboxylic acid groups (broad SMARTS) is 1. The third-order valence-corrected chi connectivity index (χ3v) is 6.42. The maximum atomic E-state index is 14.3. The highest BCUT2D eigenvalue weighted by atomic mass is 35.5. The molecule has 202 valence electrons. The van der Waals surface area contributed by atoms with Crippen molar-refractivity contribution in [2.24, 2.45) is 5.73 Å². The Morgan fingerprint density at radius 3 is 2.05 bits per heavy atom. The van der Waals surface area contributed by atoms with Crippen LogP contribution in [0, 0.1) is 5.82 Å². The van der Waals surface area contributed by atoms with Gasteiger partial charge in [0.25, 0.3) is 0 Å². The summed E-state index contributed by atoms with van der Waals surface area (Å²) in [5.74, 6) is -0.142. The molecule has 1 atom stereocenters. The molecule has 0 saturated heterocycles. The van der Waals surface area contributed by atoms with E-state index in [1.165, 1.54) is 6.07 Å². The molecule has 0 radical (unpaired) electrons. The van der Waals surface area contributed by atoms with E-state index in [-0.39, 0.29) is 12.2 Å². The molecule has 0 heterocycles. The van der Waals surface area contributed by atoms with Gasteiger partial charge in [-0.25, -0.2) is 4.39 Å². The van der Waals surface area contributed by atoms with E-state index in [1.807, 2.05) is 66.7 Å². The lowest BCUT2D eigenvalue weighted by molar-refractivity contribution is -0.138. The lowest BCUT2D eigenvalue weighted by Crippen LogP contribution is -2.35. The maximum absolute atomic E-state index is 14.3. The van der Waals surface area contributed by atoms with Crippen LogP contribution in [0.25, 0.3) is 0 Å². The van der Waals surface area contributed by atoms with Gasteiger partial charge in [0, 0.05) is 35.8 Å². The average molecular weight is 549 g/mol. The molecule has 39 heavy (non-hydrogen) atoms. The molecule has 0 amide bonds. The van der Waals surface area contributed by atoms with Gasteiger partial charge in [0.2, 0.25) is 0 Å². The Morgan fingerprint density at radius 2 is 1.41 bits per heavy atom. The van der Waals surface area contributed by atoms with Crippen molar-refractivity contribution in [3.63, 3.8) is 0 Å². The lowest BCUT2D eigenvalue weighted by Gasteiger charge is -2.25. The summed E-state index contributed by atoms with van der Waals surface area (Å²) in [6.07, 6.45) is 0.249. The van der Waals surface area contributed by atoms with Gasteiger partial charge in [0.05, 0.1) is 0 Å². The molecular formula is C31H30ClFN2O4. The summed E-state index contributed by atoms with van der Waals surface area (Å²) in [5.41, 5.74) is 8.57. The number of hydrogen-bond acceptors (Lipinski definition) is 5. The molecule has 4 aromatic carbocycles. The quantitative estimate of drug-likeness (QED) is 0.194. The minimum atomic E-state index is -1.05. The molecule has 0 aliphatic heterocycles. The van der Waals surface area contributed by atoms with Crippen LogP contribution in [0.15, 0.2) is 97.1 Å². The predicted molar refractivity (Wildman–Crippen MR) is 149 cm³/mol. The first kappa shape index (κ1) is 28.1. The summed E-state index contributed by atoms with van der Waals surface area (Å²) in [5, 5.41) is 9.98. The highest BCUT2D eigenvalue weighted by molar-refractivity contribution is 6.30. The minimum absolute atomic E-state index is 0.130. The van der Waals surface area contributed by atoms with Gasteiger partial charge in [0.1, 0.15) is 24.1 Å². The molecule has 0 aliphatic rings. The Bertz CT molecular complexity index is 1380. The van der Waals surface area contributed by atoms with Gasteiger partial charge in [-0.2, -0.15) is 0 Å². The first-order chi connectivity index (χ1) is 18.9. The van der Waals surface area contributed by atoms with Gasteiger partial charge in [-0.15, -0.1) is 0 Å². The van der Waals surface area contributed by atoms with E-state index in [9.17, 15) is 14.3 Å². The standard InChI is InChI=1S/C31H30ClFN2O4/c32-25-15-13-22(14-16-25)21-38-28-10-4-1-7-23(28)19-35(18-17-27(34)31(36)37)20-24-8-2-5-11-29(24)39-30-12-6-3-9-26(30)33/h1-16,27H,17-21,34H2,(H,36,37). The molecule has 3 N–H and O–H groups in total. The number of ether oxygens (including phenoxy) is 2. The van der Waals surface area contributed by atoms with E-state index < -0.39 is 17.8 Å². The number of nitrogens with two attached hydrogens (primary N) is 1. The number of nitrogens with zero attached hydrogens (tertiary/aromatic N) is 1. The van der Waals surface area contributed by atoms with Crippen molar-refractivity contribution in [2.75, 3.05) is 6.54 Å². The van der Waals surface area contributed by atoms with Gasteiger partial charge < -0.3 is 20.3 Å². The Kier molecular flexibility index (Phi) is 9.91. The first-order valence-electron chi connectivity index (χ1n) is 12.5. The second-order valence-electron chi connectivity index (χ2n) is 9.11. The highest BCUT2D eigenvalue weighted by Crippen LogP contribution is 2.29. The van der Waals surface area contributed by atoms with Crippen LogP contribution in [-0.4, -0.2) is 28.6 Å². The van der Waals surface area contributed by atoms with Crippen LogP contribution >= 0.6 is 11.6 Å². The number of carbonyl (C=O) groups is 1. The fourth-order valence-electron chi connectivity index (χ4n) is 4.04. The SMILES string of the molecule is NC(CCN(Cc1ccccc1OCc1ccc(Cl)cc1)Cc1ccccc1Oc1ccccc1F)C(=O)O. The third-order valence-electron chi connectivity index (χ3n) is 6.17. The molecule has 0 fully saturated rings. The van der Waals surface area contributed by atoms with Gasteiger partial charge in [0.15, 0.2) is 11.6 Å². The summed E-state index contributed by atoms with van der Waals surface area (Å²) in [6, 6.07) is 27.8. The van der Waals surface area contributed by atoms with Crippen molar-refractivity contribution in [2.45, 2.75) is 32.2 Å². The van der Waals surface area contributed by atoms with E-state index in [2.05, 4.69) is 4.90 Å². The third kappa shape index (κ3) is 8.29. The fourth-order valence-corrected chi connectivity index (χ4v) is 4.16. The van der Waals surface area contributed by atoms with Crippen molar-refractivity contribution in [3.05, 3.63) is 125 Å². The van der Waals surface area contributed by atoms with Crippen LogP contribution in [0.5, 0.6) is 17.2 Å². The molecule has 1 unspecified atom stereocenters. The molecule has 0 saturated carbocycles. The largest absolute Gasteiger partial charge is 0.489 e. The molecule has 0 bridgehead atoms. The monoisotopic (exact) mass is 548 g/mol. The minimum Gasteiger partial charge on any atom is -0.489 e. The van der Waals surface area contributed by atoms with Crippen LogP contribution < -0.4 is 15.2 Å². The normalized spacial score (nSPS) is 11.8. The molecule has 8 heteroatoms. The zero-order valence-electron chi connectivity index (χ0n) is 21.3. The summed E-state index contributed by atoms with van der Waals surface area (Å²) < 4.78 is 26.3. The number of hydrogen-bond donors (Lipinski definition) is 2. The van der Waals surface area contributed by atoms with E-state index in [0.29, 0.717) is 37.0 Å². The van der Waals surface area contributed by atoms with Crippen LogP contribution in [0.2, 0.25) is 5.02 Å². The smallest absolute Gasteiger partial charge is 0.320 e. The number of halogens is 2. The van der Waals surface area contributed by atoms with E-state index in [0.717, 1.165) is 22.4 Å². The molecule has 0 aliphatic carbocycles. The Morgan fingerprint density at radius 1 is 0.846 bits per heavy atom. The van der Waals surface area contributed by atoms with Gasteiger partial charge in [-0.05, 0) is 48.4 Å². The predicted octanol–water partition coefficient (Wildman–Crippen LogP) is 6.65. The molecule has 6 nitrogen and oxygen atoms in total. The van der Waals surface area contributed by atoms with E-state index >= 15 is 0 Å². The van der Waals surface area contributed by atoms with Crippen molar-refractivity contribution >= 4 is 17.6 Å². The molecule has 0 aromatic heterocycles. The maximum Gasteiger partial charge on any atom is 0.320 e. The summed E-state index contributed by atoms with van der Waals surface area (Å²) in [7, 11) is 0. The molecule has 0 spiro atoms. The number of para-hydroxylation sites is 3. The second-order valence-corrected chi connectivity index (χ2v) is 9.54. The topological polar surface area (TPSA) is 85.0 Å². The van der Waals surface area contributed by atoms with Crippen LogP contribution in [0.3, 0.4) is 0 Å². The van der Waals surface area contributed by atoms with Gasteiger partial charge in [-0.1, -0.05) is 72.3 Å². The summed E-state index contributed by atoms with van der Waals surface area (Å²) in [4.78, 5) is 13.5. The first-order valence-corrected chi connectivity index (χ1v) is 12.9. The van der Waals surface area contributed by atoms with Crippen molar-refractivity contribution in [3.8, 4) is 17.2 Å². The Labute approximate surface area is 232 Å². The molecule has 4 aromatic rings. The van der Waals surface area contributed by atoms with Crippen LogP contribution in [-0.2, 0) is 24.5 Å². The Balaban J connectivity index is 1.54. The van der Waals surface area contributed by atoms with Crippen LogP contribution in [0.1, 0.15) is 23.1 Å². The number of rotatable bonds is 13. The van der Waals surface area contributed by atoms with Crippen molar-refractivity contribution in [1.82, 2.24) is 4.90 Å². The number of benzene rings is 4. The van der Waals surface area contributed by atoms with Crippen molar-refractivity contribution in [1.29, 1.82) is 0 Å². The number of aliphatic carboxylic acids is 1. The zero-order valence-corrected chi connectivity index (χ0v) is 22.1. The zero-order chi connectivity index (χ0) is 27.6. The highest BCUT2D eigenvalue weighted by Gasteiger charge is 2.18. The lowest BCUT2D eigenvalue weighted by atomic mass is 10.1. The van der Waals surface area contributed by atoms with Gasteiger partial charge >= 0.3 is 5.97 Å². The van der Waals surface area contributed by atoms with Crippen LogP contribution in [0.4, 0.5) is 4.39 Å². The Hall–Kier alpha value is -3.91. The van der Waals surface area contributed by atoms with Crippen molar-refractivity contribution < 1.29 is 23.8 Å². The van der Waals surface area contributed by atoms with Gasteiger partial charge in [-0.3, -0.25) is 9.69 Å². The fraction of sp³-hybridized carbons (Fsp3) is 0.194. The second kappa shape index (κ2) is 13.8. The summed E-state index contributed by atoms with van der Waals surface area (Å²) >= 11 is 5.99. The molecule has 4 rings (SSSR count). The molecular weight excluding hydrogens is 519 g/mol. The van der Waals surface area contributed by atoms with E-state index in [4.69, 9.17) is 26.8 Å². The summed E-state index contributed by atoms with van der Waals surface area (Å²) in [6.45, 7) is 1.67.